The first kappa shape index (κ1) is 29.1. The maximum absolute atomic E-state index is 12.7. The van der Waals surface area contributed by atoms with Crippen molar-refractivity contribution in [2.75, 3.05) is 20.3 Å². The summed E-state index contributed by atoms with van der Waals surface area (Å²) < 4.78 is 11.9. The van der Waals surface area contributed by atoms with Gasteiger partial charge in [0.05, 0.1) is 25.0 Å². The molecule has 6 heteroatoms. The monoisotopic (exact) mass is 563 g/mol. The fourth-order valence-corrected chi connectivity index (χ4v) is 5.95. The fraction of sp³-hybridized carbons (Fsp3) is 0.278. The van der Waals surface area contributed by atoms with Gasteiger partial charge in [0.25, 0.3) is 0 Å². The van der Waals surface area contributed by atoms with Crippen molar-refractivity contribution in [1.82, 2.24) is 4.90 Å². The number of aliphatic hydroxyl groups is 1. The number of benzene rings is 3. The van der Waals surface area contributed by atoms with Gasteiger partial charge in [-0.3, -0.25) is 14.5 Å². The number of hydrogen-bond donors (Lipinski definition) is 1. The van der Waals surface area contributed by atoms with Crippen molar-refractivity contribution >= 4 is 11.8 Å². The summed E-state index contributed by atoms with van der Waals surface area (Å²) in [6.45, 7) is 4.64. The molecule has 5 rings (SSSR count). The number of imide groups is 1. The summed E-state index contributed by atoms with van der Waals surface area (Å²) in [6.07, 6.45) is 11.7. The number of likely N-dealkylation sites (tertiary alicyclic amines) is 1. The molecular formula is C36H37NO5. The Morgan fingerprint density at radius 1 is 0.881 bits per heavy atom. The van der Waals surface area contributed by atoms with E-state index >= 15 is 0 Å². The molecule has 2 aliphatic rings. The van der Waals surface area contributed by atoms with E-state index in [2.05, 4.69) is 6.58 Å². The minimum atomic E-state index is -1.38. The fourth-order valence-electron chi connectivity index (χ4n) is 5.95. The molecule has 1 N–H and O–H groups in total. The molecule has 3 aromatic carbocycles. The number of carbonyl (C=O) groups excluding carboxylic acids is 2. The topological polar surface area (TPSA) is 76.1 Å². The molecule has 216 valence electrons. The molecular weight excluding hydrogens is 526 g/mol. The Labute approximate surface area is 247 Å². The van der Waals surface area contributed by atoms with E-state index in [1.165, 1.54) is 4.90 Å². The van der Waals surface area contributed by atoms with E-state index in [9.17, 15) is 14.7 Å². The Balaban J connectivity index is 1.28. The van der Waals surface area contributed by atoms with Crippen molar-refractivity contribution in [1.29, 1.82) is 0 Å². The Kier molecular flexibility index (Phi) is 9.03. The van der Waals surface area contributed by atoms with Gasteiger partial charge in [0, 0.05) is 7.05 Å². The summed E-state index contributed by atoms with van der Waals surface area (Å²) >= 11 is 0. The number of amides is 2. The lowest BCUT2D eigenvalue weighted by Crippen LogP contribution is -2.30. The maximum atomic E-state index is 12.7. The molecule has 0 radical (unpaired) electrons. The highest BCUT2D eigenvalue weighted by molar-refractivity contribution is 6.05. The molecule has 1 saturated heterocycles. The predicted octanol–water partition coefficient (Wildman–Crippen LogP) is 6.06. The molecule has 0 spiro atoms. The van der Waals surface area contributed by atoms with E-state index in [1.54, 1.807) is 13.1 Å². The van der Waals surface area contributed by atoms with Crippen LogP contribution in [0.3, 0.4) is 0 Å². The quantitative estimate of drug-likeness (QED) is 0.0954. The molecule has 1 heterocycles. The number of nitrogens with zero attached hydrogens (tertiary/aromatic N) is 1. The van der Waals surface area contributed by atoms with E-state index in [-0.39, 0.29) is 29.6 Å². The van der Waals surface area contributed by atoms with Crippen LogP contribution in [0.5, 0.6) is 11.5 Å². The van der Waals surface area contributed by atoms with Gasteiger partial charge in [-0.05, 0) is 66.1 Å². The standard InChI is InChI=1S/C36H37NO5/c1-3-4-5-9-24-41-30-19-15-28(16-20-30)36(40,27-12-7-6-8-13-27)29-17-21-31(22-18-29)42-25-23-26-11-10-14-32-33(26)35(39)37(2)34(32)38/h3-8,10-13,15-22,26,32-33,40H,1,9,14,23-25H2,2H3/b5-4+. The zero-order valence-corrected chi connectivity index (χ0v) is 23.9. The van der Waals surface area contributed by atoms with Crippen LogP contribution in [-0.2, 0) is 15.2 Å². The van der Waals surface area contributed by atoms with Gasteiger partial charge in [-0.25, -0.2) is 0 Å². The predicted molar refractivity (Wildman–Crippen MR) is 163 cm³/mol. The third kappa shape index (κ3) is 5.95. The first-order valence-electron chi connectivity index (χ1n) is 14.4. The molecule has 0 bridgehead atoms. The molecule has 1 fully saturated rings. The van der Waals surface area contributed by atoms with Gasteiger partial charge in [0.15, 0.2) is 0 Å². The van der Waals surface area contributed by atoms with Crippen LogP contribution >= 0.6 is 0 Å². The van der Waals surface area contributed by atoms with Crippen molar-refractivity contribution in [3.8, 4) is 11.5 Å². The Morgan fingerprint density at radius 3 is 2.10 bits per heavy atom. The SMILES string of the molecule is C=C/C=C/CCOc1ccc(C(O)(c2ccccc2)c2ccc(OCCC3C=CCC4C(=O)N(C)C(=O)C34)cc2)cc1. The van der Waals surface area contributed by atoms with Gasteiger partial charge in [-0.1, -0.05) is 91.6 Å². The molecule has 4 unspecified atom stereocenters. The average molecular weight is 564 g/mol. The molecule has 6 nitrogen and oxygen atoms in total. The number of hydrogen-bond acceptors (Lipinski definition) is 5. The zero-order chi connectivity index (χ0) is 29.5. The second kappa shape index (κ2) is 13.0. The van der Waals surface area contributed by atoms with Crippen LogP contribution in [0.2, 0.25) is 0 Å². The van der Waals surface area contributed by atoms with E-state index in [4.69, 9.17) is 9.47 Å². The zero-order valence-electron chi connectivity index (χ0n) is 23.9. The van der Waals surface area contributed by atoms with Gasteiger partial charge in [0.1, 0.15) is 17.1 Å². The summed E-state index contributed by atoms with van der Waals surface area (Å²) in [5.74, 6) is 0.649. The summed E-state index contributed by atoms with van der Waals surface area (Å²) in [4.78, 5) is 26.3. The molecule has 3 aromatic rings. The number of fused-ring (bicyclic) bond motifs is 1. The van der Waals surface area contributed by atoms with Crippen molar-refractivity contribution in [3.05, 3.63) is 133 Å². The third-order valence-electron chi connectivity index (χ3n) is 8.21. The number of carbonyl (C=O) groups is 2. The van der Waals surface area contributed by atoms with Crippen LogP contribution in [0.4, 0.5) is 0 Å². The molecule has 42 heavy (non-hydrogen) atoms. The van der Waals surface area contributed by atoms with Crippen LogP contribution in [-0.4, -0.2) is 42.1 Å². The second-order valence-corrected chi connectivity index (χ2v) is 10.8. The van der Waals surface area contributed by atoms with Gasteiger partial charge >= 0.3 is 0 Å². The van der Waals surface area contributed by atoms with Gasteiger partial charge < -0.3 is 14.6 Å². The van der Waals surface area contributed by atoms with Crippen LogP contribution in [0.1, 0.15) is 36.0 Å². The molecule has 2 amide bonds. The smallest absolute Gasteiger partial charge is 0.233 e. The largest absolute Gasteiger partial charge is 0.494 e. The van der Waals surface area contributed by atoms with Crippen LogP contribution in [0.15, 0.2) is 116 Å². The first-order valence-corrected chi connectivity index (χ1v) is 14.4. The summed E-state index contributed by atoms with van der Waals surface area (Å²) in [7, 11) is 1.57. The van der Waals surface area contributed by atoms with Gasteiger partial charge in [0.2, 0.25) is 11.8 Å². The third-order valence-corrected chi connectivity index (χ3v) is 8.21. The maximum Gasteiger partial charge on any atom is 0.233 e. The highest BCUT2D eigenvalue weighted by atomic mass is 16.5. The summed E-state index contributed by atoms with van der Waals surface area (Å²) in [5.41, 5.74) is 0.802. The number of ether oxygens (including phenoxy) is 2. The highest BCUT2D eigenvalue weighted by Crippen LogP contribution is 2.40. The Hall–Kier alpha value is -4.42. The lowest BCUT2D eigenvalue weighted by molar-refractivity contribution is -0.138. The normalized spacial score (nSPS) is 21.3. The van der Waals surface area contributed by atoms with Crippen LogP contribution in [0.25, 0.3) is 0 Å². The number of rotatable bonds is 12. The van der Waals surface area contributed by atoms with Crippen LogP contribution in [0, 0.1) is 17.8 Å². The van der Waals surface area contributed by atoms with Crippen molar-refractivity contribution in [2.45, 2.75) is 24.9 Å². The van der Waals surface area contributed by atoms with Crippen molar-refractivity contribution in [2.24, 2.45) is 17.8 Å². The van der Waals surface area contributed by atoms with Crippen LogP contribution < -0.4 is 9.47 Å². The second-order valence-electron chi connectivity index (χ2n) is 10.8. The Morgan fingerprint density at radius 2 is 1.48 bits per heavy atom. The van der Waals surface area contributed by atoms with E-state index in [1.807, 2.05) is 103 Å². The van der Waals surface area contributed by atoms with Gasteiger partial charge in [-0.2, -0.15) is 0 Å². The first-order chi connectivity index (χ1) is 20.4. The lowest BCUT2D eigenvalue weighted by atomic mass is 9.76. The van der Waals surface area contributed by atoms with E-state index in [0.29, 0.717) is 37.4 Å². The molecule has 0 saturated carbocycles. The summed E-state index contributed by atoms with van der Waals surface area (Å²) in [6, 6.07) is 24.6. The van der Waals surface area contributed by atoms with Crippen molar-refractivity contribution in [3.63, 3.8) is 0 Å². The van der Waals surface area contributed by atoms with E-state index < -0.39 is 5.60 Å². The number of allylic oxidation sites excluding steroid dienone is 4. The van der Waals surface area contributed by atoms with E-state index in [0.717, 1.165) is 23.3 Å². The van der Waals surface area contributed by atoms with Gasteiger partial charge in [-0.15, -0.1) is 0 Å². The Bertz CT molecular complexity index is 1440. The molecule has 1 aliphatic heterocycles. The molecule has 0 aromatic heterocycles. The minimum Gasteiger partial charge on any atom is -0.494 e. The molecule has 1 aliphatic carbocycles. The van der Waals surface area contributed by atoms with Crippen molar-refractivity contribution < 1.29 is 24.2 Å². The lowest BCUT2D eigenvalue weighted by Gasteiger charge is -2.30. The minimum absolute atomic E-state index is 0.0249. The average Bonchev–Trinajstić information content (AvgIpc) is 3.26. The highest BCUT2D eigenvalue weighted by Gasteiger charge is 2.49. The molecule has 4 atom stereocenters. The summed E-state index contributed by atoms with van der Waals surface area (Å²) in [5, 5.41) is 12.2.